The van der Waals surface area contributed by atoms with Crippen molar-refractivity contribution in [1.82, 2.24) is 4.57 Å². The van der Waals surface area contributed by atoms with E-state index in [1.54, 1.807) is 36.4 Å². The number of hydrogen-bond donors (Lipinski definition) is 0. The summed E-state index contributed by atoms with van der Waals surface area (Å²) in [7, 11) is 0. The van der Waals surface area contributed by atoms with Crippen molar-refractivity contribution in [2.75, 3.05) is 0 Å². The van der Waals surface area contributed by atoms with E-state index in [2.05, 4.69) is 0 Å². The first-order valence-electron chi connectivity index (χ1n) is 5.42. The first kappa shape index (κ1) is 13.6. The van der Waals surface area contributed by atoms with E-state index in [-0.39, 0.29) is 5.91 Å². The average molecular weight is 294 g/mol. The van der Waals surface area contributed by atoms with Gasteiger partial charge in [-0.15, -0.1) is 0 Å². The quantitative estimate of drug-likeness (QED) is 0.635. The van der Waals surface area contributed by atoms with Gasteiger partial charge in [0, 0.05) is 22.3 Å². The second kappa shape index (κ2) is 5.87. The predicted octanol–water partition coefficient (Wildman–Crippen LogP) is 3.96. The molecule has 0 aliphatic carbocycles. The number of allylic oxidation sites excluding steroid dienone is 1. The molecule has 0 amide bonds. The molecule has 3 nitrogen and oxygen atoms in total. The van der Waals surface area contributed by atoms with Gasteiger partial charge in [-0.05, 0) is 35.9 Å². The number of aromatic nitrogens is 1. The standard InChI is InChI=1S/C14H9Cl2NO2/c15-11-5-3-10(13(16)8-11)4-6-14(19)17-7-1-2-12(17)9-18/h1-9H/b6-4+. The van der Waals surface area contributed by atoms with Crippen LogP contribution >= 0.6 is 23.2 Å². The average Bonchev–Trinajstić information content (AvgIpc) is 2.85. The van der Waals surface area contributed by atoms with Crippen molar-refractivity contribution in [1.29, 1.82) is 0 Å². The van der Waals surface area contributed by atoms with Crippen LogP contribution in [0.1, 0.15) is 20.8 Å². The van der Waals surface area contributed by atoms with Gasteiger partial charge in [0.15, 0.2) is 6.29 Å². The van der Waals surface area contributed by atoms with E-state index in [1.807, 2.05) is 0 Å². The minimum Gasteiger partial charge on any atom is -0.296 e. The van der Waals surface area contributed by atoms with Gasteiger partial charge >= 0.3 is 0 Å². The molecule has 0 N–H and O–H groups in total. The molecule has 1 aromatic heterocycles. The van der Waals surface area contributed by atoms with Crippen LogP contribution in [0, 0.1) is 0 Å². The first-order valence-corrected chi connectivity index (χ1v) is 6.17. The molecule has 0 aliphatic rings. The van der Waals surface area contributed by atoms with Gasteiger partial charge in [-0.25, -0.2) is 0 Å². The van der Waals surface area contributed by atoms with Crippen molar-refractivity contribution in [3.05, 3.63) is 63.9 Å². The topological polar surface area (TPSA) is 39.1 Å². The zero-order chi connectivity index (χ0) is 13.8. The smallest absolute Gasteiger partial charge is 0.255 e. The molecule has 2 rings (SSSR count). The van der Waals surface area contributed by atoms with E-state index < -0.39 is 0 Å². The molecule has 5 heteroatoms. The summed E-state index contributed by atoms with van der Waals surface area (Å²) in [6, 6.07) is 8.19. The lowest BCUT2D eigenvalue weighted by molar-refractivity contribution is 0.0956. The Bertz CT molecular complexity index is 659. The minimum absolute atomic E-state index is 0.303. The number of halogens is 2. The molecule has 2 aromatic rings. The molecule has 0 spiro atoms. The van der Waals surface area contributed by atoms with Crippen LogP contribution in [-0.2, 0) is 0 Å². The van der Waals surface area contributed by atoms with Crippen LogP contribution in [-0.4, -0.2) is 16.8 Å². The van der Waals surface area contributed by atoms with Crippen molar-refractivity contribution in [3.8, 4) is 0 Å². The molecule has 19 heavy (non-hydrogen) atoms. The molecule has 0 radical (unpaired) electrons. The van der Waals surface area contributed by atoms with Gasteiger partial charge in [0.05, 0.1) is 5.69 Å². The minimum atomic E-state index is -0.321. The summed E-state index contributed by atoms with van der Waals surface area (Å²) in [6.45, 7) is 0. The molecule has 0 saturated carbocycles. The van der Waals surface area contributed by atoms with Crippen LogP contribution in [0.2, 0.25) is 10.0 Å². The number of rotatable bonds is 3. The van der Waals surface area contributed by atoms with Gasteiger partial charge in [0.2, 0.25) is 0 Å². The van der Waals surface area contributed by atoms with Crippen molar-refractivity contribution in [3.63, 3.8) is 0 Å². The lowest BCUT2D eigenvalue weighted by atomic mass is 10.2. The third kappa shape index (κ3) is 3.13. The second-order valence-corrected chi connectivity index (χ2v) is 4.60. The van der Waals surface area contributed by atoms with Crippen molar-refractivity contribution < 1.29 is 9.59 Å². The van der Waals surface area contributed by atoms with Crippen LogP contribution in [0.25, 0.3) is 6.08 Å². The summed E-state index contributed by atoms with van der Waals surface area (Å²) >= 11 is 11.8. The summed E-state index contributed by atoms with van der Waals surface area (Å²) in [5.74, 6) is -0.321. The molecule has 0 bridgehead atoms. The van der Waals surface area contributed by atoms with Crippen LogP contribution in [0.4, 0.5) is 0 Å². The summed E-state index contributed by atoms with van der Waals surface area (Å²) in [5, 5.41) is 0.988. The van der Waals surface area contributed by atoms with Crippen LogP contribution < -0.4 is 0 Å². The maximum Gasteiger partial charge on any atom is 0.255 e. The Morgan fingerprint density at radius 2 is 2.00 bits per heavy atom. The van der Waals surface area contributed by atoms with E-state index in [4.69, 9.17) is 23.2 Å². The summed E-state index contributed by atoms with van der Waals surface area (Å²) in [5.41, 5.74) is 0.982. The van der Waals surface area contributed by atoms with Crippen molar-refractivity contribution in [2.45, 2.75) is 0 Å². The zero-order valence-electron chi connectivity index (χ0n) is 9.72. The SMILES string of the molecule is O=Cc1cccn1C(=O)/C=C/c1ccc(Cl)cc1Cl. The molecule has 0 saturated heterocycles. The molecular weight excluding hydrogens is 285 g/mol. The van der Waals surface area contributed by atoms with E-state index >= 15 is 0 Å². The van der Waals surface area contributed by atoms with Gasteiger partial charge in [0.25, 0.3) is 5.91 Å². The zero-order valence-corrected chi connectivity index (χ0v) is 11.2. The highest BCUT2D eigenvalue weighted by Gasteiger charge is 2.05. The molecule has 0 atom stereocenters. The molecule has 96 valence electrons. The van der Waals surface area contributed by atoms with E-state index in [9.17, 15) is 9.59 Å². The molecule has 0 unspecified atom stereocenters. The highest BCUT2D eigenvalue weighted by atomic mass is 35.5. The van der Waals surface area contributed by atoms with Crippen LogP contribution in [0.5, 0.6) is 0 Å². The van der Waals surface area contributed by atoms with Gasteiger partial charge in [0.1, 0.15) is 0 Å². The normalized spacial score (nSPS) is 10.8. The van der Waals surface area contributed by atoms with E-state index in [1.165, 1.54) is 16.8 Å². The van der Waals surface area contributed by atoms with Gasteiger partial charge in [-0.3, -0.25) is 14.2 Å². The fraction of sp³-hybridized carbons (Fsp3) is 0. The molecular formula is C14H9Cl2NO2. The Kier molecular flexibility index (Phi) is 4.20. The van der Waals surface area contributed by atoms with Gasteiger partial charge in [-0.1, -0.05) is 29.3 Å². The second-order valence-electron chi connectivity index (χ2n) is 3.76. The Hall–Kier alpha value is -1.84. The summed E-state index contributed by atoms with van der Waals surface area (Å²) in [4.78, 5) is 22.6. The molecule has 1 aromatic carbocycles. The molecule has 0 fully saturated rings. The highest BCUT2D eigenvalue weighted by molar-refractivity contribution is 6.35. The summed E-state index contributed by atoms with van der Waals surface area (Å²) < 4.78 is 1.26. The Labute approximate surface area is 120 Å². The van der Waals surface area contributed by atoms with Crippen molar-refractivity contribution in [2.24, 2.45) is 0 Å². The largest absolute Gasteiger partial charge is 0.296 e. The maximum absolute atomic E-state index is 11.9. The number of hydrogen-bond acceptors (Lipinski definition) is 2. The van der Waals surface area contributed by atoms with Crippen LogP contribution in [0.15, 0.2) is 42.6 Å². The summed E-state index contributed by atoms with van der Waals surface area (Å²) in [6.07, 6.45) is 5.08. The van der Waals surface area contributed by atoms with Crippen LogP contribution in [0.3, 0.4) is 0 Å². The monoisotopic (exact) mass is 293 g/mol. The first-order chi connectivity index (χ1) is 9.11. The fourth-order valence-corrected chi connectivity index (χ4v) is 2.04. The van der Waals surface area contributed by atoms with E-state index in [0.717, 1.165) is 0 Å². The van der Waals surface area contributed by atoms with Gasteiger partial charge in [-0.2, -0.15) is 0 Å². The molecule has 1 heterocycles. The lowest BCUT2D eigenvalue weighted by Gasteiger charge is -2.00. The maximum atomic E-state index is 11.9. The number of benzene rings is 1. The Morgan fingerprint density at radius 3 is 2.68 bits per heavy atom. The molecule has 0 aliphatic heterocycles. The van der Waals surface area contributed by atoms with E-state index in [0.29, 0.717) is 27.6 Å². The number of carbonyl (C=O) groups is 2. The van der Waals surface area contributed by atoms with Crippen molar-refractivity contribution >= 4 is 41.5 Å². The lowest BCUT2D eigenvalue weighted by Crippen LogP contribution is -2.08. The third-order valence-electron chi connectivity index (χ3n) is 2.51. The highest BCUT2D eigenvalue weighted by Crippen LogP contribution is 2.22. The predicted molar refractivity (Wildman–Crippen MR) is 75.9 cm³/mol. The number of aldehydes is 1. The van der Waals surface area contributed by atoms with Gasteiger partial charge < -0.3 is 0 Å². The Morgan fingerprint density at radius 1 is 1.21 bits per heavy atom. The number of nitrogens with zero attached hydrogens (tertiary/aromatic N) is 1. The fourth-order valence-electron chi connectivity index (χ4n) is 1.57. The third-order valence-corrected chi connectivity index (χ3v) is 3.07. The number of carbonyl (C=O) groups excluding carboxylic acids is 2. The Balaban J connectivity index is 2.23.